The second-order valence-corrected chi connectivity index (χ2v) is 7.71. The number of rotatable bonds is 5. The van der Waals surface area contributed by atoms with Crippen molar-refractivity contribution in [2.75, 3.05) is 6.61 Å². The molecule has 1 saturated heterocycles. The Kier molecular flexibility index (Phi) is 5.23. The van der Waals surface area contributed by atoms with Crippen molar-refractivity contribution in [2.45, 2.75) is 43.7 Å². The van der Waals surface area contributed by atoms with Crippen LogP contribution in [0.15, 0.2) is 41.6 Å². The second-order valence-electron chi connectivity index (χ2n) is 5.94. The van der Waals surface area contributed by atoms with Crippen LogP contribution >= 0.6 is 0 Å². The second kappa shape index (κ2) is 7.38. The first kappa shape index (κ1) is 17.0. The van der Waals surface area contributed by atoms with Gasteiger partial charge in [-0.25, -0.2) is 23.1 Å². The van der Waals surface area contributed by atoms with Crippen LogP contribution in [0.25, 0.3) is 0 Å². The Balaban J connectivity index is 1.62. The maximum Gasteiger partial charge on any atom is 0.240 e. The van der Waals surface area contributed by atoms with Gasteiger partial charge in [-0.05, 0) is 38.3 Å². The van der Waals surface area contributed by atoms with Gasteiger partial charge in [-0.15, -0.1) is 0 Å². The molecule has 6 nitrogen and oxygen atoms in total. The fourth-order valence-electron chi connectivity index (χ4n) is 2.55. The molecule has 1 aromatic carbocycles. The number of nitrogens with one attached hydrogen (secondary N) is 1. The highest BCUT2D eigenvalue weighted by atomic mass is 32.2. The first-order chi connectivity index (χ1) is 11.5. The number of nitrogens with zero attached hydrogens (tertiary/aromatic N) is 2. The zero-order chi connectivity index (χ0) is 17.0. The van der Waals surface area contributed by atoms with Crippen LogP contribution in [0.2, 0.25) is 0 Å². The van der Waals surface area contributed by atoms with Gasteiger partial charge in [0.25, 0.3) is 0 Å². The number of benzene rings is 1. The summed E-state index contributed by atoms with van der Waals surface area (Å²) in [4.78, 5) is 8.88. The summed E-state index contributed by atoms with van der Waals surface area (Å²) < 4.78 is 32.7. The van der Waals surface area contributed by atoms with E-state index in [9.17, 15) is 8.42 Å². The average molecular weight is 347 g/mol. The normalized spacial score (nSPS) is 18.5. The Bertz CT molecular complexity index is 768. The third-order valence-electron chi connectivity index (χ3n) is 3.99. The van der Waals surface area contributed by atoms with E-state index in [0.29, 0.717) is 11.4 Å². The first-order valence-corrected chi connectivity index (χ1v) is 9.52. The minimum Gasteiger partial charge on any atom is -0.370 e. The van der Waals surface area contributed by atoms with Crippen molar-refractivity contribution in [3.8, 4) is 0 Å². The van der Waals surface area contributed by atoms with Crippen LogP contribution < -0.4 is 4.72 Å². The average Bonchev–Trinajstić information content (AvgIpc) is 2.62. The van der Waals surface area contributed by atoms with Crippen molar-refractivity contribution in [2.24, 2.45) is 0 Å². The van der Waals surface area contributed by atoms with E-state index >= 15 is 0 Å². The topological polar surface area (TPSA) is 81.2 Å². The van der Waals surface area contributed by atoms with Gasteiger partial charge < -0.3 is 4.74 Å². The standard InChI is InChI=1S/C17H21N3O3S/c1-13-5-7-15(8-6-13)24(21,22)20-12-14-10-18-17(19-11-14)16-4-2-3-9-23-16/h5-8,10-11,16,20H,2-4,9,12H2,1H3/t16-/m0/s1. The molecule has 0 bridgehead atoms. The molecule has 7 heteroatoms. The SMILES string of the molecule is Cc1ccc(S(=O)(=O)NCc2cnc([C@@H]3CCCCO3)nc2)cc1. The van der Waals surface area contributed by atoms with Crippen molar-refractivity contribution in [1.29, 1.82) is 0 Å². The van der Waals surface area contributed by atoms with Gasteiger partial charge in [-0.3, -0.25) is 0 Å². The molecule has 1 aliphatic heterocycles. The Morgan fingerprint density at radius 3 is 2.50 bits per heavy atom. The summed E-state index contributed by atoms with van der Waals surface area (Å²) in [5.41, 5.74) is 1.73. The van der Waals surface area contributed by atoms with E-state index in [4.69, 9.17) is 4.74 Å². The van der Waals surface area contributed by atoms with Crippen LogP contribution in [0.5, 0.6) is 0 Å². The molecule has 0 unspecified atom stereocenters. The summed E-state index contributed by atoms with van der Waals surface area (Å²) in [5, 5.41) is 0. The number of sulfonamides is 1. The summed E-state index contributed by atoms with van der Waals surface area (Å²) in [7, 11) is -3.54. The third kappa shape index (κ3) is 4.17. The lowest BCUT2D eigenvalue weighted by Gasteiger charge is -2.21. The molecular weight excluding hydrogens is 326 g/mol. The van der Waals surface area contributed by atoms with E-state index in [-0.39, 0.29) is 17.5 Å². The number of hydrogen-bond donors (Lipinski definition) is 1. The minimum atomic E-state index is -3.54. The molecule has 0 saturated carbocycles. The van der Waals surface area contributed by atoms with Crippen molar-refractivity contribution in [1.82, 2.24) is 14.7 Å². The van der Waals surface area contributed by atoms with Crippen LogP contribution in [0.3, 0.4) is 0 Å². The molecule has 3 rings (SSSR count). The Morgan fingerprint density at radius 2 is 1.88 bits per heavy atom. The van der Waals surface area contributed by atoms with Crippen molar-refractivity contribution < 1.29 is 13.2 Å². The fourth-order valence-corrected chi connectivity index (χ4v) is 3.56. The highest BCUT2D eigenvalue weighted by Gasteiger charge is 2.19. The molecule has 24 heavy (non-hydrogen) atoms. The predicted octanol–water partition coefficient (Wildman–Crippen LogP) is 2.51. The molecular formula is C17H21N3O3S. The predicted molar refractivity (Wildman–Crippen MR) is 89.8 cm³/mol. The number of hydrogen-bond acceptors (Lipinski definition) is 5. The van der Waals surface area contributed by atoms with E-state index in [0.717, 1.165) is 31.4 Å². The van der Waals surface area contributed by atoms with E-state index in [1.807, 2.05) is 6.92 Å². The molecule has 1 aliphatic rings. The van der Waals surface area contributed by atoms with Crippen LogP contribution in [0.1, 0.15) is 42.3 Å². The first-order valence-electron chi connectivity index (χ1n) is 8.03. The number of aromatic nitrogens is 2. The summed E-state index contributed by atoms with van der Waals surface area (Å²) in [6.07, 6.45) is 6.38. The molecule has 1 aromatic heterocycles. The molecule has 2 heterocycles. The highest BCUT2D eigenvalue weighted by Crippen LogP contribution is 2.24. The van der Waals surface area contributed by atoms with Gasteiger partial charge in [0, 0.05) is 31.1 Å². The summed E-state index contributed by atoms with van der Waals surface area (Å²) in [6.45, 7) is 2.81. The third-order valence-corrected chi connectivity index (χ3v) is 5.41. The molecule has 1 fully saturated rings. The van der Waals surface area contributed by atoms with Crippen molar-refractivity contribution in [3.63, 3.8) is 0 Å². The van der Waals surface area contributed by atoms with Gasteiger partial charge in [0.05, 0.1) is 4.90 Å². The molecule has 0 spiro atoms. The molecule has 0 aliphatic carbocycles. The Hall–Kier alpha value is -1.83. The number of aryl methyl sites for hydroxylation is 1. The zero-order valence-corrected chi connectivity index (χ0v) is 14.4. The lowest BCUT2D eigenvalue weighted by Crippen LogP contribution is -2.23. The maximum atomic E-state index is 12.3. The Labute approximate surface area is 142 Å². The Morgan fingerprint density at radius 1 is 1.17 bits per heavy atom. The van der Waals surface area contributed by atoms with Crippen LogP contribution in [-0.2, 0) is 21.3 Å². The fraction of sp³-hybridized carbons (Fsp3) is 0.412. The summed E-state index contributed by atoms with van der Waals surface area (Å²) >= 11 is 0. The molecule has 1 N–H and O–H groups in total. The van der Waals surface area contributed by atoms with Gasteiger partial charge in [0.1, 0.15) is 6.10 Å². The van der Waals surface area contributed by atoms with Gasteiger partial charge in [0.2, 0.25) is 10.0 Å². The van der Waals surface area contributed by atoms with E-state index in [1.54, 1.807) is 36.7 Å². The maximum absolute atomic E-state index is 12.3. The smallest absolute Gasteiger partial charge is 0.240 e. The zero-order valence-electron chi connectivity index (χ0n) is 13.6. The van der Waals surface area contributed by atoms with Gasteiger partial charge in [-0.1, -0.05) is 17.7 Å². The van der Waals surface area contributed by atoms with Gasteiger partial charge in [0.15, 0.2) is 5.82 Å². The monoisotopic (exact) mass is 347 g/mol. The summed E-state index contributed by atoms with van der Waals surface area (Å²) in [5.74, 6) is 0.667. The van der Waals surface area contributed by atoms with Gasteiger partial charge >= 0.3 is 0 Å². The molecule has 2 aromatic rings. The number of ether oxygens (including phenoxy) is 1. The van der Waals surface area contributed by atoms with Crippen molar-refractivity contribution in [3.05, 3.63) is 53.6 Å². The lowest BCUT2D eigenvalue weighted by atomic mass is 10.1. The van der Waals surface area contributed by atoms with Crippen LogP contribution in [0.4, 0.5) is 0 Å². The molecule has 128 valence electrons. The highest BCUT2D eigenvalue weighted by molar-refractivity contribution is 7.89. The van der Waals surface area contributed by atoms with Crippen LogP contribution in [0, 0.1) is 6.92 Å². The molecule has 1 atom stereocenters. The molecule has 0 amide bonds. The quantitative estimate of drug-likeness (QED) is 0.899. The van der Waals surface area contributed by atoms with Crippen LogP contribution in [-0.4, -0.2) is 25.0 Å². The van der Waals surface area contributed by atoms with E-state index < -0.39 is 10.0 Å². The van der Waals surface area contributed by atoms with Gasteiger partial charge in [-0.2, -0.15) is 0 Å². The van der Waals surface area contributed by atoms with E-state index in [1.165, 1.54) is 0 Å². The summed E-state index contributed by atoms with van der Waals surface area (Å²) in [6, 6.07) is 6.74. The largest absolute Gasteiger partial charge is 0.370 e. The van der Waals surface area contributed by atoms with Crippen molar-refractivity contribution >= 4 is 10.0 Å². The lowest BCUT2D eigenvalue weighted by molar-refractivity contribution is 0.00940. The minimum absolute atomic E-state index is 0.0444. The molecule has 0 radical (unpaired) electrons. The van der Waals surface area contributed by atoms with E-state index in [2.05, 4.69) is 14.7 Å².